The number of hydrogen-bond donors (Lipinski definition) is 0. The molecule has 0 bridgehead atoms. The predicted molar refractivity (Wildman–Crippen MR) is 116 cm³/mol. The molecule has 3 rings (SSSR count). The van der Waals surface area contributed by atoms with E-state index in [1.54, 1.807) is 0 Å². The van der Waals surface area contributed by atoms with Gasteiger partial charge in [0, 0.05) is 49.9 Å². The molecular weight excluding hydrogens is 370 g/mol. The van der Waals surface area contributed by atoms with Gasteiger partial charge in [0.05, 0.1) is 0 Å². The van der Waals surface area contributed by atoms with E-state index in [0.717, 1.165) is 62.9 Å². The molecule has 1 aliphatic rings. The second kappa shape index (κ2) is 10.1. The highest BCUT2D eigenvalue weighted by molar-refractivity contribution is 6.30. The average molecular weight is 400 g/mol. The van der Waals surface area contributed by atoms with Crippen molar-refractivity contribution >= 4 is 17.5 Å². The molecule has 0 aliphatic carbocycles. The van der Waals surface area contributed by atoms with E-state index >= 15 is 0 Å². The Morgan fingerprint density at radius 3 is 2.04 bits per heavy atom. The van der Waals surface area contributed by atoms with Crippen LogP contribution in [0.4, 0.5) is 0 Å². The first-order valence-electron chi connectivity index (χ1n) is 10.2. The van der Waals surface area contributed by atoms with Crippen LogP contribution in [-0.4, -0.2) is 59.9 Å². The molecule has 0 radical (unpaired) electrons. The third kappa shape index (κ3) is 5.57. The van der Waals surface area contributed by atoms with E-state index in [1.165, 1.54) is 11.1 Å². The molecule has 150 valence electrons. The Hall–Kier alpha value is -1.88. The van der Waals surface area contributed by atoms with E-state index in [4.69, 9.17) is 11.6 Å². The van der Waals surface area contributed by atoms with Crippen molar-refractivity contribution < 1.29 is 4.79 Å². The van der Waals surface area contributed by atoms with Gasteiger partial charge in [-0.15, -0.1) is 0 Å². The molecule has 0 spiro atoms. The lowest BCUT2D eigenvalue weighted by Gasteiger charge is -2.34. The number of hydrogen-bond acceptors (Lipinski definition) is 3. The normalized spacial score (nSPS) is 15.2. The van der Waals surface area contributed by atoms with Gasteiger partial charge in [-0.2, -0.15) is 0 Å². The zero-order valence-electron chi connectivity index (χ0n) is 16.9. The quantitative estimate of drug-likeness (QED) is 0.700. The maximum absolute atomic E-state index is 12.8. The second-order valence-electron chi connectivity index (χ2n) is 7.35. The molecule has 0 saturated carbocycles. The van der Waals surface area contributed by atoms with Crippen LogP contribution in [0.3, 0.4) is 0 Å². The van der Waals surface area contributed by atoms with Gasteiger partial charge in [-0.3, -0.25) is 14.6 Å². The van der Waals surface area contributed by atoms with Crippen molar-refractivity contribution in [3.63, 3.8) is 0 Å². The topological polar surface area (TPSA) is 26.8 Å². The number of rotatable bonds is 7. The molecule has 1 amide bonds. The van der Waals surface area contributed by atoms with Gasteiger partial charge in [0.2, 0.25) is 0 Å². The Bertz CT molecular complexity index is 748. The van der Waals surface area contributed by atoms with E-state index in [1.807, 2.05) is 29.2 Å². The first-order valence-corrected chi connectivity index (χ1v) is 10.5. The number of carbonyl (C=O) groups excluding carboxylic acids is 1. The maximum Gasteiger partial charge on any atom is 0.253 e. The fourth-order valence-corrected chi connectivity index (χ4v) is 3.72. The van der Waals surface area contributed by atoms with Crippen LogP contribution in [0.25, 0.3) is 0 Å². The molecule has 28 heavy (non-hydrogen) atoms. The van der Waals surface area contributed by atoms with Crippen molar-refractivity contribution in [2.75, 3.05) is 39.3 Å². The van der Waals surface area contributed by atoms with Gasteiger partial charge in [0.15, 0.2) is 0 Å². The number of carbonyl (C=O) groups is 1. The number of halogens is 1. The Morgan fingerprint density at radius 2 is 1.46 bits per heavy atom. The summed E-state index contributed by atoms with van der Waals surface area (Å²) in [7, 11) is 0. The molecule has 0 atom stereocenters. The highest BCUT2D eigenvalue weighted by Crippen LogP contribution is 2.15. The van der Waals surface area contributed by atoms with E-state index in [2.05, 4.69) is 47.9 Å². The summed E-state index contributed by atoms with van der Waals surface area (Å²) >= 11 is 5.96. The summed E-state index contributed by atoms with van der Waals surface area (Å²) in [5.41, 5.74) is 3.30. The van der Waals surface area contributed by atoms with E-state index in [0.29, 0.717) is 0 Å². The Labute approximate surface area is 173 Å². The molecule has 5 heteroatoms. The lowest BCUT2D eigenvalue weighted by Crippen LogP contribution is -2.48. The van der Waals surface area contributed by atoms with Crippen LogP contribution in [0.2, 0.25) is 5.02 Å². The summed E-state index contributed by atoms with van der Waals surface area (Å²) < 4.78 is 0. The molecule has 1 aliphatic heterocycles. The fraction of sp³-hybridized carbons (Fsp3) is 0.435. The zero-order chi connectivity index (χ0) is 19.9. The van der Waals surface area contributed by atoms with Gasteiger partial charge in [-0.05, 0) is 48.5 Å². The average Bonchev–Trinajstić information content (AvgIpc) is 2.74. The van der Waals surface area contributed by atoms with Crippen LogP contribution in [0.5, 0.6) is 0 Å². The molecule has 2 aromatic rings. The molecular formula is C23H30ClN3O. The van der Waals surface area contributed by atoms with Gasteiger partial charge in [-0.25, -0.2) is 0 Å². The summed E-state index contributed by atoms with van der Waals surface area (Å²) in [5.74, 6) is 0.139. The highest BCUT2D eigenvalue weighted by Gasteiger charge is 2.22. The van der Waals surface area contributed by atoms with Crippen LogP contribution >= 0.6 is 11.6 Å². The van der Waals surface area contributed by atoms with E-state index < -0.39 is 0 Å². The Balaban J connectivity index is 1.51. The number of nitrogens with zero attached hydrogens (tertiary/aromatic N) is 3. The Morgan fingerprint density at radius 1 is 0.893 bits per heavy atom. The van der Waals surface area contributed by atoms with Gasteiger partial charge in [-0.1, -0.05) is 49.7 Å². The lowest BCUT2D eigenvalue weighted by atomic mass is 10.1. The standard InChI is InChI=1S/C23H30ClN3O/c1-3-25(4-2)17-19-5-9-21(10-6-19)23(28)27-15-13-26(14-16-27)18-20-7-11-22(24)12-8-20/h5-12H,3-4,13-18H2,1-2H3. The smallest absolute Gasteiger partial charge is 0.253 e. The first kappa shape index (κ1) is 20.8. The number of amides is 1. The monoisotopic (exact) mass is 399 g/mol. The van der Waals surface area contributed by atoms with Crippen molar-refractivity contribution in [1.82, 2.24) is 14.7 Å². The maximum atomic E-state index is 12.8. The van der Waals surface area contributed by atoms with Crippen LogP contribution in [-0.2, 0) is 13.1 Å². The molecule has 1 fully saturated rings. The first-order chi connectivity index (χ1) is 13.6. The Kier molecular flexibility index (Phi) is 7.49. The largest absolute Gasteiger partial charge is 0.336 e. The van der Waals surface area contributed by atoms with Crippen molar-refractivity contribution in [2.24, 2.45) is 0 Å². The summed E-state index contributed by atoms with van der Waals surface area (Å²) in [5, 5.41) is 0.766. The van der Waals surface area contributed by atoms with Crippen LogP contribution < -0.4 is 0 Å². The van der Waals surface area contributed by atoms with Crippen molar-refractivity contribution in [3.8, 4) is 0 Å². The molecule has 1 heterocycles. The highest BCUT2D eigenvalue weighted by atomic mass is 35.5. The van der Waals surface area contributed by atoms with Crippen molar-refractivity contribution in [1.29, 1.82) is 0 Å². The molecule has 0 N–H and O–H groups in total. The molecule has 2 aromatic carbocycles. The molecule has 0 unspecified atom stereocenters. The van der Waals surface area contributed by atoms with Crippen LogP contribution in [0.15, 0.2) is 48.5 Å². The lowest BCUT2D eigenvalue weighted by molar-refractivity contribution is 0.0628. The fourth-order valence-electron chi connectivity index (χ4n) is 3.60. The number of benzene rings is 2. The zero-order valence-corrected chi connectivity index (χ0v) is 17.7. The third-order valence-corrected chi connectivity index (χ3v) is 5.73. The summed E-state index contributed by atoms with van der Waals surface area (Å²) in [6.07, 6.45) is 0. The molecule has 4 nitrogen and oxygen atoms in total. The van der Waals surface area contributed by atoms with Gasteiger partial charge < -0.3 is 4.90 Å². The van der Waals surface area contributed by atoms with Crippen LogP contribution in [0.1, 0.15) is 35.3 Å². The molecule has 1 saturated heterocycles. The summed E-state index contributed by atoms with van der Waals surface area (Å²) in [4.78, 5) is 19.6. The summed E-state index contributed by atoms with van der Waals surface area (Å²) in [6.45, 7) is 11.6. The third-order valence-electron chi connectivity index (χ3n) is 5.48. The summed E-state index contributed by atoms with van der Waals surface area (Å²) in [6, 6.07) is 16.1. The predicted octanol–water partition coefficient (Wildman–Crippen LogP) is 4.14. The van der Waals surface area contributed by atoms with Gasteiger partial charge in [0.1, 0.15) is 0 Å². The van der Waals surface area contributed by atoms with Gasteiger partial charge in [0.25, 0.3) is 5.91 Å². The minimum Gasteiger partial charge on any atom is -0.336 e. The minimum absolute atomic E-state index is 0.139. The minimum atomic E-state index is 0.139. The number of piperazine rings is 1. The van der Waals surface area contributed by atoms with E-state index in [-0.39, 0.29) is 5.91 Å². The molecule has 0 aromatic heterocycles. The van der Waals surface area contributed by atoms with Crippen molar-refractivity contribution in [2.45, 2.75) is 26.9 Å². The van der Waals surface area contributed by atoms with Crippen LogP contribution in [0, 0.1) is 0 Å². The van der Waals surface area contributed by atoms with Gasteiger partial charge >= 0.3 is 0 Å². The second-order valence-corrected chi connectivity index (χ2v) is 7.79. The van der Waals surface area contributed by atoms with E-state index in [9.17, 15) is 4.79 Å². The SMILES string of the molecule is CCN(CC)Cc1ccc(C(=O)N2CCN(Cc3ccc(Cl)cc3)CC2)cc1. The van der Waals surface area contributed by atoms with Crippen molar-refractivity contribution in [3.05, 3.63) is 70.2 Å².